The molecule has 0 amide bonds. The molecule has 0 saturated carbocycles. The van der Waals surface area contributed by atoms with Gasteiger partial charge in [0, 0.05) is 6.61 Å². The molecule has 20 heavy (non-hydrogen) atoms. The van der Waals surface area contributed by atoms with Crippen molar-refractivity contribution in [1.82, 2.24) is 0 Å². The summed E-state index contributed by atoms with van der Waals surface area (Å²) in [6, 6.07) is 3.55. The normalized spacial score (nSPS) is 11.9. The van der Waals surface area contributed by atoms with Gasteiger partial charge in [0.05, 0.1) is 6.61 Å². The molecule has 0 N–H and O–H groups in total. The van der Waals surface area contributed by atoms with Crippen molar-refractivity contribution in [3.63, 3.8) is 0 Å². The smallest absolute Gasteiger partial charge is 0.491 e. The van der Waals surface area contributed by atoms with Crippen LogP contribution in [-0.2, 0) is 4.74 Å². The first-order chi connectivity index (χ1) is 9.30. The first-order valence-corrected chi connectivity index (χ1v) is 6.81. The molecular weight excluding hydrogens is 268 g/mol. The fourth-order valence-electron chi connectivity index (χ4n) is 1.67. The molecular formula is C14H21BF3O2-. The molecule has 0 fully saturated rings. The second-order valence-corrected chi connectivity index (χ2v) is 5.24. The largest absolute Gasteiger partial charge is 0.509 e. The van der Waals surface area contributed by atoms with Gasteiger partial charge in [0.1, 0.15) is 12.4 Å². The third-order valence-corrected chi connectivity index (χ3v) is 2.90. The van der Waals surface area contributed by atoms with E-state index in [0.29, 0.717) is 37.1 Å². The lowest BCUT2D eigenvalue weighted by Crippen LogP contribution is -2.34. The lowest BCUT2D eigenvalue weighted by molar-refractivity contribution is 0.0924. The standard InChI is InChI=1S/C14H21BF3O2/c1-11(2)6-7-19-8-9-20-14-5-4-13(10-12(14)3)15(16,17)18/h4-5,10-11H,6-9H2,1-3H3/q-1. The average molecular weight is 289 g/mol. The Morgan fingerprint density at radius 2 is 1.80 bits per heavy atom. The van der Waals surface area contributed by atoms with Crippen molar-refractivity contribution >= 4 is 12.4 Å². The fourth-order valence-corrected chi connectivity index (χ4v) is 1.67. The Morgan fingerprint density at radius 1 is 1.10 bits per heavy atom. The van der Waals surface area contributed by atoms with Crippen molar-refractivity contribution in [3.8, 4) is 5.75 Å². The molecule has 0 aromatic heterocycles. The Bertz CT molecular complexity index is 419. The van der Waals surface area contributed by atoms with Crippen molar-refractivity contribution in [1.29, 1.82) is 0 Å². The Balaban J connectivity index is 2.38. The van der Waals surface area contributed by atoms with E-state index in [1.54, 1.807) is 6.92 Å². The summed E-state index contributed by atoms with van der Waals surface area (Å²) in [6.45, 7) is 2.36. The Labute approximate surface area is 118 Å². The Hall–Kier alpha value is -1.17. The first kappa shape index (κ1) is 16.9. The van der Waals surface area contributed by atoms with Gasteiger partial charge < -0.3 is 22.4 Å². The zero-order valence-electron chi connectivity index (χ0n) is 12.2. The van der Waals surface area contributed by atoms with Gasteiger partial charge in [-0.25, -0.2) is 0 Å². The van der Waals surface area contributed by atoms with E-state index in [1.807, 2.05) is 0 Å². The second kappa shape index (κ2) is 7.57. The van der Waals surface area contributed by atoms with Crippen LogP contribution in [0.15, 0.2) is 18.2 Å². The van der Waals surface area contributed by atoms with Gasteiger partial charge in [-0.05, 0) is 30.9 Å². The van der Waals surface area contributed by atoms with Crippen molar-refractivity contribution in [3.05, 3.63) is 23.8 Å². The zero-order valence-corrected chi connectivity index (χ0v) is 12.2. The Morgan fingerprint density at radius 3 is 2.35 bits per heavy atom. The van der Waals surface area contributed by atoms with Crippen LogP contribution in [0, 0.1) is 12.8 Å². The maximum absolute atomic E-state index is 12.6. The number of ether oxygens (including phenoxy) is 2. The molecule has 2 nitrogen and oxygen atoms in total. The molecule has 0 aliphatic rings. The summed E-state index contributed by atoms with van der Waals surface area (Å²) in [5, 5.41) is 0. The van der Waals surface area contributed by atoms with Crippen LogP contribution in [0.3, 0.4) is 0 Å². The number of aryl methyl sites for hydroxylation is 1. The van der Waals surface area contributed by atoms with E-state index < -0.39 is 12.4 Å². The van der Waals surface area contributed by atoms with Gasteiger partial charge in [-0.2, -0.15) is 0 Å². The van der Waals surface area contributed by atoms with Gasteiger partial charge in [-0.1, -0.05) is 26.0 Å². The number of hydrogen-bond donors (Lipinski definition) is 0. The van der Waals surface area contributed by atoms with Crippen LogP contribution in [-0.4, -0.2) is 26.8 Å². The van der Waals surface area contributed by atoms with E-state index in [4.69, 9.17) is 9.47 Å². The third-order valence-electron chi connectivity index (χ3n) is 2.90. The topological polar surface area (TPSA) is 18.5 Å². The highest BCUT2D eigenvalue weighted by atomic mass is 19.4. The van der Waals surface area contributed by atoms with Crippen LogP contribution in [0.4, 0.5) is 12.9 Å². The number of halogens is 3. The van der Waals surface area contributed by atoms with Crippen LogP contribution in [0.5, 0.6) is 5.75 Å². The summed E-state index contributed by atoms with van der Waals surface area (Å²) in [5.41, 5.74) is -0.105. The predicted molar refractivity (Wildman–Crippen MR) is 75.7 cm³/mol. The highest BCUT2D eigenvalue weighted by Gasteiger charge is 2.25. The third kappa shape index (κ3) is 5.86. The first-order valence-electron chi connectivity index (χ1n) is 6.81. The molecule has 1 aromatic carbocycles. The molecule has 0 radical (unpaired) electrons. The second-order valence-electron chi connectivity index (χ2n) is 5.24. The number of hydrogen-bond acceptors (Lipinski definition) is 2. The van der Waals surface area contributed by atoms with Crippen molar-refractivity contribution in [2.45, 2.75) is 27.2 Å². The maximum Gasteiger partial charge on any atom is 0.509 e. The summed E-state index contributed by atoms with van der Waals surface area (Å²) >= 11 is 0. The molecule has 0 atom stereocenters. The average Bonchev–Trinajstić information content (AvgIpc) is 2.33. The molecule has 0 unspecified atom stereocenters. The predicted octanol–water partition coefficient (Wildman–Crippen LogP) is 3.49. The lowest BCUT2D eigenvalue weighted by Gasteiger charge is -2.17. The summed E-state index contributed by atoms with van der Waals surface area (Å²) < 4.78 is 48.5. The van der Waals surface area contributed by atoms with Crippen molar-refractivity contribution in [2.24, 2.45) is 5.92 Å². The molecule has 6 heteroatoms. The van der Waals surface area contributed by atoms with Crippen molar-refractivity contribution < 1.29 is 22.4 Å². The fraction of sp³-hybridized carbons (Fsp3) is 0.571. The van der Waals surface area contributed by atoms with Gasteiger partial charge in [0.2, 0.25) is 0 Å². The maximum atomic E-state index is 12.6. The zero-order chi connectivity index (χ0) is 15.2. The summed E-state index contributed by atoms with van der Waals surface area (Å²) in [6.07, 6.45) is 0.987. The molecule has 0 aliphatic heterocycles. The minimum Gasteiger partial charge on any atom is -0.491 e. The molecule has 0 spiro atoms. The minimum atomic E-state index is -4.95. The van der Waals surface area contributed by atoms with Gasteiger partial charge in [-0.3, -0.25) is 0 Å². The van der Waals surface area contributed by atoms with Gasteiger partial charge in [0.15, 0.2) is 0 Å². The molecule has 114 valence electrons. The van der Waals surface area contributed by atoms with Crippen LogP contribution < -0.4 is 10.2 Å². The van der Waals surface area contributed by atoms with Gasteiger partial charge >= 0.3 is 6.98 Å². The summed E-state index contributed by atoms with van der Waals surface area (Å²) in [5.74, 6) is 1.07. The molecule has 0 aliphatic carbocycles. The van der Waals surface area contributed by atoms with Crippen LogP contribution in [0.1, 0.15) is 25.8 Å². The molecule has 0 saturated heterocycles. The molecule has 1 aromatic rings. The highest BCUT2D eigenvalue weighted by Crippen LogP contribution is 2.18. The van der Waals surface area contributed by atoms with E-state index in [2.05, 4.69) is 13.8 Å². The summed E-state index contributed by atoms with van der Waals surface area (Å²) in [4.78, 5) is 0. The quantitative estimate of drug-likeness (QED) is 0.539. The number of rotatable bonds is 8. The minimum absolute atomic E-state index is 0.343. The highest BCUT2D eigenvalue weighted by molar-refractivity contribution is 6.73. The van der Waals surface area contributed by atoms with E-state index >= 15 is 0 Å². The molecule has 1 rings (SSSR count). The van der Waals surface area contributed by atoms with Gasteiger partial charge in [0.25, 0.3) is 0 Å². The van der Waals surface area contributed by atoms with E-state index in [1.165, 1.54) is 6.07 Å². The van der Waals surface area contributed by atoms with Crippen molar-refractivity contribution in [2.75, 3.05) is 19.8 Å². The van der Waals surface area contributed by atoms with Crippen LogP contribution in [0.2, 0.25) is 0 Å². The van der Waals surface area contributed by atoms with E-state index in [9.17, 15) is 12.9 Å². The Kier molecular flexibility index (Phi) is 6.39. The van der Waals surface area contributed by atoms with E-state index in [0.717, 1.165) is 18.6 Å². The SMILES string of the molecule is Cc1cc([B-](F)(F)F)ccc1OCCOCCC(C)C. The lowest BCUT2D eigenvalue weighted by atomic mass is 9.79. The number of benzene rings is 1. The van der Waals surface area contributed by atoms with E-state index in [-0.39, 0.29) is 0 Å². The van der Waals surface area contributed by atoms with Gasteiger partial charge in [-0.15, -0.1) is 5.46 Å². The monoisotopic (exact) mass is 289 g/mol. The molecule has 0 heterocycles. The molecule has 0 bridgehead atoms. The summed E-state index contributed by atoms with van der Waals surface area (Å²) in [7, 11) is 0. The van der Waals surface area contributed by atoms with Crippen LogP contribution >= 0.6 is 0 Å². The van der Waals surface area contributed by atoms with Crippen LogP contribution in [0.25, 0.3) is 0 Å².